The van der Waals surface area contributed by atoms with Crippen molar-refractivity contribution < 1.29 is 9.31 Å². The highest BCUT2D eigenvalue weighted by Crippen LogP contribution is 2.30. The maximum absolute atomic E-state index is 13.4. The molecule has 1 N–H and O–H groups in total. The molecule has 0 aliphatic heterocycles. The van der Waals surface area contributed by atoms with Gasteiger partial charge >= 0.3 is 0 Å². The van der Waals surface area contributed by atoms with Gasteiger partial charge in [-0.3, -0.25) is 10.1 Å². The molecule has 2 unspecified atom stereocenters. The summed E-state index contributed by atoms with van der Waals surface area (Å²) in [5.74, 6) is -0.0665. The van der Waals surface area contributed by atoms with E-state index in [-0.39, 0.29) is 5.69 Å². The second-order valence-corrected chi connectivity index (χ2v) is 5.53. The van der Waals surface area contributed by atoms with Crippen molar-refractivity contribution in [1.29, 1.82) is 0 Å². The highest BCUT2D eigenvalue weighted by Gasteiger charge is 2.25. The van der Waals surface area contributed by atoms with Gasteiger partial charge in [-0.1, -0.05) is 19.3 Å². The summed E-state index contributed by atoms with van der Waals surface area (Å²) in [4.78, 5) is 10.6. The van der Waals surface area contributed by atoms with Gasteiger partial charge in [-0.15, -0.1) is 0 Å². The van der Waals surface area contributed by atoms with Gasteiger partial charge in [-0.2, -0.15) is 0 Å². The number of nitro benzene ring substituents is 1. The van der Waals surface area contributed by atoms with E-state index in [1.807, 2.05) is 7.05 Å². The van der Waals surface area contributed by atoms with E-state index < -0.39 is 10.7 Å². The molecule has 0 amide bonds. The van der Waals surface area contributed by atoms with Crippen molar-refractivity contribution in [2.75, 3.05) is 7.05 Å². The lowest BCUT2D eigenvalue weighted by molar-refractivity contribution is -0.385. The average molecular weight is 280 g/mol. The fraction of sp³-hybridized carbons (Fsp3) is 0.600. The Labute approximate surface area is 118 Å². The first kappa shape index (κ1) is 14.9. The summed E-state index contributed by atoms with van der Waals surface area (Å²) >= 11 is 0. The van der Waals surface area contributed by atoms with Crippen LogP contribution in [0.5, 0.6) is 0 Å². The van der Waals surface area contributed by atoms with Crippen LogP contribution in [0.1, 0.15) is 37.7 Å². The van der Waals surface area contributed by atoms with E-state index in [2.05, 4.69) is 5.32 Å². The molecule has 2 atom stereocenters. The smallest absolute Gasteiger partial charge is 0.272 e. The van der Waals surface area contributed by atoms with Crippen LogP contribution < -0.4 is 5.32 Å². The van der Waals surface area contributed by atoms with Gasteiger partial charge in [0.2, 0.25) is 0 Å². The standard InChI is InChI=1S/C15H21FN2O2/c1-17-14-6-4-2-3-5-11(14)9-12-10-13(16)7-8-15(12)18(19)20/h7-8,10-11,14,17H,2-6,9H2,1H3. The molecule has 0 heterocycles. The normalized spacial score (nSPS) is 23.3. The third-order valence-corrected chi connectivity index (χ3v) is 4.25. The number of nitro groups is 1. The zero-order chi connectivity index (χ0) is 14.5. The Hall–Kier alpha value is -1.49. The molecular formula is C15H21FN2O2. The molecule has 2 rings (SSSR count). The van der Waals surface area contributed by atoms with Crippen molar-refractivity contribution in [2.45, 2.75) is 44.6 Å². The monoisotopic (exact) mass is 280 g/mol. The van der Waals surface area contributed by atoms with Crippen molar-refractivity contribution in [3.8, 4) is 0 Å². The highest BCUT2D eigenvalue weighted by molar-refractivity contribution is 5.40. The van der Waals surface area contributed by atoms with Crippen LogP contribution in [0.2, 0.25) is 0 Å². The lowest BCUT2D eigenvalue weighted by atomic mass is 9.88. The molecular weight excluding hydrogens is 259 g/mol. The fourth-order valence-electron chi connectivity index (χ4n) is 3.19. The summed E-state index contributed by atoms with van der Waals surface area (Å²) in [5, 5.41) is 14.4. The molecule has 0 spiro atoms. The molecule has 1 aliphatic rings. The number of nitrogens with one attached hydrogen (secondary N) is 1. The summed E-state index contributed by atoms with van der Waals surface area (Å²) in [6.07, 6.45) is 6.24. The Balaban J connectivity index is 2.22. The minimum absolute atomic E-state index is 0.0329. The third kappa shape index (κ3) is 3.54. The predicted molar refractivity (Wildman–Crippen MR) is 76.2 cm³/mol. The Morgan fingerprint density at radius 3 is 2.80 bits per heavy atom. The molecule has 0 radical (unpaired) electrons. The number of nitrogens with zero attached hydrogens (tertiary/aromatic N) is 1. The van der Waals surface area contributed by atoms with Crippen LogP contribution in [0.4, 0.5) is 10.1 Å². The van der Waals surface area contributed by atoms with Gasteiger partial charge < -0.3 is 5.32 Å². The van der Waals surface area contributed by atoms with Crippen LogP contribution in [-0.4, -0.2) is 18.0 Å². The van der Waals surface area contributed by atoms with E-state index in [1.165, 1.54) is 25.0 Å². The summed E-state index contributed by atoms with van der Waals surface area (Å²) in [5.41, 5.74) is 0.549. The minimum Gasteiger partial charge on any atom is -0.317 e. The first-order chi connectivity index (χ1) is 9.61. The molecule has 0 aromatic heterocycles. The van der Waals surface area contributed by atoms with Crippen LogP contribution in [0.3, 0.4) is 0 Å². The SMILES string of the molecule is CNC1CCCCCC1Cc1cc(F)ccc1[N+](=O)[O-]. The lowest BCUT2D eigenvalue weighted by Gasteiger charge is -2.24. The van der Waals surface area contributed by atoms with Gasteiger partial charge in [-0.25, -0.2) is 4.39 Å². The van der Waals surface area contributed by atoms with Crippen molar-refractivity contribution >= 4 is 5.69 Å². The summed E-state index contributed by atoms with van der Waals surface area (Å²) < 4.78 is 13.4. The number of benzene rings is 1. The van der Waals surface area contributed by atoms with E-state index in [1.54, 1.807) is 0 Å². The molecule has 1 aliphatic carbocycles. The minimum atomic E-state index is -0.417. The van der Waals surface area contributed by atoms with Crippen molar-refractivity contribution in [3.63, 3.8) is 0 Å². The maximum atomic E-state index is 13.4. The number of rotatable bonds is 4. The largest absolute Gasteiger partial charge is 0.317 e. The van der Waals surface area contributed by atoms with Crippen molar-refractivity contribution in [1.82, 2.24) is 5.32 Å². The summed E-state index contributed by atoms with van der Waals surface area (Å²) in [6, 6.07) is 4.11. The Kier molecular flexibility index (Phi) is 5.06. The summed E-state index contributed by atoms with van der Waals surface area (Å²) in [6.45, 7) is 0. The molecule has 1 aromatic carbocycles. The van der Waals surface area contributed by atoms with Gasteiger partial charge in [0, 0.05) is 17.7 Å². The molecule has 20 heavy (non-hydrogen) atoms. The fourth-order valence-corrected chi connectivity index (χ4v) is 3.19. The average Bonchev–Trinajstić information content (AvgIpc) is 2.63. The molecule has 1 saturated carbocycles. The number of hydrogen-bond acceptors (Lipinski definition) is 3. The zero-order valence-electron chi connectivity index (χ0n) is 11.8. The lowest BCUT2D eigenvalue weighted by Crippen LogP contribution is -2.34. The molecule has 1 aromatic rings. The van der Waals surface area contributed by atoms with E-state index in [4.69, 9.17) is 0 Å². The number of hydrogen-bond donors (Lipinski definition) is 1. The Morgan fingerprint density at radius 1 is 1.35 bits per heavy atom. The first-order valence-corrected chi connectivity index (χ1v) is 7.22. The van der Waals surface area contributed by atoms with Gasteiger partial charge in [-0.05, 0) is 44.4 Å². The zero-order valence-corrected chi connectivity index (χ0v) is 11.8. The molecule has 1 fully saturated rings. The van der Waals surface area contributed by atoms with Crippen LogP contribution in [0.15, 0.2) is 18.2 Å². The van der Waals surface area contributed by atoms with Gasteiger partial charge in [0.1, 0.15) is 5.82 Å². The van der Waals surface area contributed by atoms with Crippen LogP contribution in [0.25, 0.3) is 0 Å². The summed E-state index contributed by atoms with van der Waals surface area (Å²) in [7, 11) is 1.93. The highest BCUT2D eigenvalue weighted by atomic mass is 19.1. The Morgan fingerprint density at radius 2 is 2.10 bits per heavy atom. The molecule has 5 heteroatoms. The van der Waals surface area contributed by atoms with Crippen LogP contribution >= 0.6 is 0 Å². The van der Waals surface area contributed by atoms with Crippen LogP contribution in [-0.2, 0) is 6.42 Å². The maximum Gasteiger partial charge on any atom is 0.272 e. The Bertz CT molecular complexity index is 479. The van der Waals surface area contributed by atoms with Gasteiger partial charge in [0.25, 0.3) is 5.69 Å². The van der Waals surface area contributed by atoms with E-state index in [0.717, 1.165) is 25.3 Å². The molecule has 0 bridgehead atoms. The molecule has 110 valence electrons. The first-order valence-electron chi connectivity index (χ1n) is 7.22. The van der Waals surface area contributed by atoms with E-state index in [0.29, 0.717) is 23.9 Å². The van der Waals surface area contributed by atoms with Crippen LogP contribution in [0, 0.1) is 21.8 Å². The van der Waals surface area contributed by atoms with E-state index >= 15 is 0 Å². The molecule has 0 saturated heterocycles. The van der Waals surface area contributed by atoms with Gasteiger partial charge in [0.15, 0.2) is 0 Å². The second-order valence-electron chi connectivity index (χ2n) is 5.53. The predicted octanol–water partition coefficient (Wildman–Crippen LogP) is 3.44. The van der Waals surface area contributed by atoms with E-state index in [9.17, 15) is 14.5 Å². The van der Waals surface area contributed by atoms with Gasteiger partial charge in [0.05, 0.1) is 4.92 Å². The topological polar surface area (TPSA) is 55.2 Å². The third-order valence-electron chi connectivity index (χ3n) is 4.25. The quantitative estimate of drug-likeness (QED) is 0.522. The molecule has 4 nitrogen and oxygen atoms in total. The second kappa shape index (κ2) is 6.79. The van der Waals surface area contributed by atoms with Crippen molar-refractivity contribution in [3.05, 3.63) is 39.7 Å². The number of halogens is 1. The van der Waals surface area contributed by atoms with Crippen molar-refractivity contribution in [2.24, 2.45) is 5.92 Å².